The Hall–Kier alpha value is -2.63. The maximum Gasteiger partial charge on any atom is 0.257 e. The number of halogens is 2. The van der Waals surface area contributed by atoms with Crippen LogP contribution in [0.15, 0.2) is 42.5 Å². The summed E-state index contributed by atoms with van der Waals surface area (Å²) in [5.74, 6) is -2.99. The minimum Gasteiger partial charge on any atom is -0.494 e. The molecule has 0 atom stereocenters. The molecule has 2 aromatic rings. The van der Waals surface area contributed by atoms with E-state index in [4.69, 9.17) is 4.74 Å². The van der Waals surface area contributed by atoms with Crippen molar-refractivity contribution in [1.82, 2.24) is 4.90 Å². The number of hydrogen-bond donors (Lipinski definition) is 0. The molecule has 0 spiro atoms. The number of carbonyl (C=O) groups excluding carboxylic acids is 1. The van der Waals surface area contributed by atoms with Crippen LogP contribution in [0.25, 0.3) is 0 Å². The van der Waals surface area contributed by atoms with E-state index < -0.39 is 17.5 Å². The highest BCUT2D eigenvalue weighted by Gasteiger charge is 2.25. The van der Waals surface area contributed by atoms with Gasteiger partial charge in [-0.3, -0.25) is 4.79 Å². The lowest BCUT2D eigenvalue weighted by Crippen LogP contribution is -2.35. The predicted octanol–water partition coefficient (Wildman–Crippen LogP) is 3.33. The Morgan fingerprint density at radius 1 is 0.960 bits per heavy atom. The van der Waals surface area contributed by atoms with Gasteiger partial charge in [-0.05, 0) is 30.7 Å². The Morgan fingerprint density at radius 3 is 2.44 bits per heavy atom. The van der Waals surface area contributed by atoms with Gasteiger partial charge < -0.3 is 14.5 Å². The summed E-state index contributed by atoms with van der Waals surface area (Å²) < 4.78 is 32.8. The lowest BCUT2D eigenvalue weighted by molar-refractivity contribution is 0.0761. The maximum atomic E-state index is 14.2. The third-order valence-electron chi connectivity index (χ3n) is 4.40. The summed E-state index contributed by atoms with van der Waals surface area (Å²) in [4.78, 5) is 16.4. The monoisotopic (exact) mass is 346 g/mol. The van der Waals surface area contributed by atoms with Gasteiger partial charge in [-0.25, -0.2) is 4.39 Å². The molecule has 1 aliphatic heterocycles. The van der Waals surface area contributed by atoms with Gasteiger partial charge in [0, 0.05) is 31.9 Å². The van der Waals surface area contributed by atoms with Gasteiger partial charge in [-0.2, -0.15) is 4.39 Å². The average Bonchev–Trinajstić information content (AvgIpc) is 2.90. The molecule has 1 heterocycles. The van der Waals surface area contributed by atoms with Gasteiger partial charge >= 0.3 is 0 Å². The molecule has 1 aliphatic rings. The van der Waals surface area contributed by atoms with E-state index in [0.29, 0.717) is 19.6 Å². The number of methoxy groups -OCH3 is 1. The predicted molar refractivity (Wildman–Crippen MR) is 92.1 cm³/mol. The Morgan fingerprint density at radius 2 is 1.72 bits per heavy atom. The zero-order chi connectivity index (χ0) is 17.8. The molecular formula is C19H20F2N2O2. The van der Waals surface area contributed by atoms with Gasteiger partial charge in [0.1, 0.15) is 0 Å². The molecule has 0 aliphatic carbocycles. The van der Waals surface area contributed by atoms with Crippen molar-refractivity contribution in [3.63, 3.8) is 0 Å². The van der Waals surface area contributed by atoms with Crippen molar-refractivity contribution in [2.24, 2.45) is 0 Å². The molecular weight excluding hydrogens is 326 g/mol. The van der Waals surface area contributed by atoms with E-state index in [-0.39, 0.29) is 11.3 Å². The molecule has 0 aromatic heterocycles. The third-order valence-corrected chi connectivity index (χ3v) is 4.40. The Kier molecular flexibility index (Phi) is 5.16. The summed E-state index contributed by atoms with van der Waals surface area (Å²) in [5.41, 5.74) is 0.838. The molecule has 0 N–H and O–H groups in total. The van der Waals surface area contributed by atoms with Crippen LogP contribution in [-0.4, -0.2) is 44.1 Å². The number of benzene rings is 2. The molecule has 1 amide bonds. The lowest BCUT2D eigenvalue weighted by atomic mass is 10.1. The van der Waals surface area contributed by atoms with E-state index in [1.807, 2.05) is 30.3 Å². The van der Waals surface area contributed by atoms with Crippen LogP contribution >= 0.6 is 0 Å². The van der Waals surface area contributed by atoms with Crippen LogP contribution in [-0.2, 0) is 0 Å². The first-order chi connectivity index (χ1) is 12.1. The zero-order valence-corrected chi connectivity index (χ0v) is 14.0. The molecule has 4 nitrogen and oxygen atoms in total. The van der Waals surface area contributed by atoms with E-state index in [0.717, 1.165) is 18.7 Å². The quantitative estimate of drug-likeness (QED) is 0.855. The Bertz CT molecular complexity index is 753. The highest BCUT2D eigenvalue weighted by molar-refractivity contribution is 5.94. The molecule has 0 unspecified atom stereocenters. The van der Waals surface area contributed by atoms with Gasteiger partial charge in [0.05, 0.1) is 12.7 Å². The maximum absolute atomic E-state index is 14.2. The van der Waals surface area contributed by atoms with Gasteiger partial charge in [0.15, 0.2) is 11.6 Å². The van der Waals surface area contributed by atoms with Crippen LogP contribution in [0.4, 0.5) is 14.5 Å². The topological polar surface area (TPSA) is 32.8 Å². The van der Waals surface area contributed by atoms with Crippen LogP contribution in [0.5, 0.6) is 5.75 Å². The number of amides is 1. The average molecular weight is 346 g/mol. The van der Waals surface area contributed by atoms with Crippen LogP contribution < -0.4 is 9.64 Å². The first-order valence-electron chi connectivity index (χ1n) is 8.23. The van der Waals surface area contributed by atoms with Gasteiger partial charge in [-0.1, -0.05) is 18.2 Å². The molecule has 0 saturated carbocycles. The largest absolute Gasteiger partial charge is 0.494 e. The second-order valence-electron chi connectivity index (χ2n) is 5.91. The Labute approximate surface area is 145 Å². The van der Waals surface area contributed by atoms with Crippen molar-refractivity contribution in [2.45, 2.75) is 6.42 Å². The smallest absolute Gasteiger partial charge is 0.257 e. The molecule has 0 radical (unpaired) electrons. The van der Waals surface area contributed by atoms with Crippen molar-refractivity contribution < 1.29 is 18.3 Å². The first kappa shape index (κ1) is 17.2. The van der Waals surface area contributed by atoms with Crippen LogP contribution in [0, 0.1) is 11.6 Å². The number of rotatable bonds is 3. The fourth-order valence-electron chi connectivity index (χ4n) is 3.04. The number of nitrogens with zero attached hydrogens (tertiary/aromatic N) is 2. The summed E-state index contributed by atoms with van der Waals surface area (Å²) in [6, 6.07) is 12.5. The van der Waals surface area contributed by atoms with E-state index in [1.54, 1.807) is 4.90 Å². The minimum atomic E-state index is -1.16. The zero-order valence-electron chi connectivity index (χ0n) is 14.0. The number of para-hydroxylation sites is 1. The fraction of sp³-hybridized carbons (Fsp3) is 0.316. The number of carbonyl (C=O) groups is 1. The number of anilines is 1. The normalized spacial score (nSPS) is 15.0. The second-order valence-corrected chi connectivity index (χ2v) is 5.91. The highest BCUT2D eigenvalue weighted by Crippen LogP contribution is 2.24. The standard InChI is InChI=1S/C19H20F2N2O2/c1-25-16-9-8-15(17(20)18(16)21)19(24)23-11-5-10-22(12-13-23)14-6-3-2-4-7-14/h2-4,6-9H,5,10-13H2,1H3. The summed E-state index contributed by atoms with van der Waals surface area (Å²) in [6.45, 7) is 2.43. The van der Waals surface area contributed by atoms with Gasteiger partial charge in [0.25, 0.3) is 5.91 Å². The van der Waals surface area contributed by atoms with Crippen molar-refractivity contribution in [3.05, 3.63) is 59.7 Å². The van der Waals surface area contributed by atoms with E-state index in [1.165, 1.54) is 19.2 Å². The van der Waals surface area contributed by atoms with Gasteiger partial charge in [0.2, 0.25) is 5.82 Å². The summed E-state index contributed by atoms with van der Waals surface area (Å²) in [7, 11) is 1.26. The molecule has 132 valence electrons. The highest BCUT2D eigenvalue weighted by atomic mass is 19.2. The second kappa shape index (κ2) is 7.51. The van der Waals surface area contributed by atoms with Crippen LogP contribution in [0.1, 0.15) is 16.8 Å². The third kappa shape index (κ3) is 3.57. The van der Waals surface area contributed by atoms with Gasteiger partial charge in [-0.15, -0.1) is 0 Å². The molecule has 1 saturated heterocycles. The van der Waals surface area contributed by atoms with Crippen molar-refractivity contribution in [3.8, 4) is 5.75 Å². The van der Waals surface area contributed by atoms with Crippen molar-refractivity contribution in [1.29, 1.82) is 0 Å². The van der Waals surface area contributed by atoms with Crippen molar-refractivity contribution >= 4 is 11.6 Å². The lowest BCUT2D eigenvalue weighted by Gasteiger charge is -2.24. The van der Waals surface area contributed by atoms with E-state index in [9.17, 15) is 13.6 Å². The van der Waals surface area contributed by atoms with Crippen LogP contribution in [0.2, 0.25) is 0 Å². The van der Waals surface area contributed by atoms with E-state index in [2.05, 4.69) is 4.90 Å². The Balaban J connectivity index is 1.75. The first-order valence-corrected chi connectivity index (χ1v) is 8.23. The van der Waals surface area contributed by atoms with Crippen molar-refractivity contribution in [2.75, 3.05) is 38.2 Å². The molecule has 2 aromatic carbocycles. The summed E-state index contributed by atoms with van der Waals surface area (Å²) in [6.07, 6.45) is 0.765. The van der Waals surface area contributed by atoms with Crippen LogP contribution in [0.3, 0.4) is 0 Å². The SMILES string of the molecule is COc1ccc(C(=O)N2CCCN(c3ccccc3)CC2)c(F)c1F. The summed E-state index contributed by atoms with van der Waals surface area (Å²) >= 11 is 0. The minimum absolute atomic E-state index is 0.208. The number of hydrogen-bond acceptors (Lipinski definition) is 3. The molecule has 0 bridgehead atoms. The number of ether oxygens (including phenoxy) is 1. The molecule has 6 heteroatoms. The fourth-order valence-corrected chi connectivity index (χ4v) is 3.04. The molecule has 25 heavy (non-hydrogen) atoms. The van der Waals surface area contributed by atoms with E-state index >= 15 is 0 Å². The molecule has 3 rings (SSSR count). The summed E-state index contributed by atoms with van der Waals surface area (Å²) in [5, 5.41) is 0. The molecule has 1 fully saturated rings.